The van der Waals surface area contributed by atoms with Gasteiger partial charge in [0.2, 0.25) is 0 Å². The molecule has 10 aromatic carbocycles. The molecule has 0 amide bonds. The average Bonchev–Trinajstić information content (AvgIpc) is 0.793. The van der Waals surface area contributed by atoms with Crippen molar-refractivity contribution in [1.82, 2.24) is 0 Å². The first-order valence-electron chi connectivity index (χ1n) is 40.1. The van der Waals surface area contributed by atoms with Crippen LogP contribution in [0.15, 0.2) is 255 Å². The van der Waals surface area contributed by atoms with Crippen LogP contribution in [0.3, 0.4) is 0 Å². The Morgan fingerprint density at radius 3 is 0.887 bits per heavy atom. The summed E-state index contributed by atoms with van der Waals surface area (Å²) in [6.07, 6.45) is 0.455. The summed E-state index contributed by atoms with van der Waals surface area (Å²) in [5.74, 6) is 0.0501. The van der Waals surface area contributed by atoms with Gasteiger partial charge in [0.15, 0.2) is 0 Å². The Hall–Kier alpha value is -12.3. The van der Waals surface area contributed by atoms with E-state index in [-0.39, 0.29) is 114 Å². The second-order valence-corrected chi connectivity index (χ2v) is 33.6. The zero-order valence-electron chi connectivity index (χ0n) is 74.0. The molecule has 0 spiro atoms. The van der Waals surface area contributed by atoms with Gasteiger partial charge in [-0.1, -0.05) is 221 Å². The van der Waals surface area contributed by atoms with Gasteiger partial charge in [-0.05, 0) is 219 Å². The molecule has 4 atom stereocenters. The number of methoxy groups -OCH3 is 5. The van der Waals surface area contributed by atoms with E-state index in [1.807, 2.05) is 125 Å². The van der Waals surface area contributed by atoms with Crippen molar-refractivity contribution in [1.29, 1.82) is 0 Å². The molecule has 4 N–H and O–H groups in total. The summed E-state index contributed by atoms with van der Waals surface area (Å²) in [4.78, 5) is 45.1. The van der Waals surface area contributed by atoms with Gasteiger partial charge in [0.25, 0.3) is 0 Å². The first-order chi connectivity index (χ1) is 57.9. The van der Waals surface area contributed by atoms with E-state index in [0.717, 1.165) is 94.6 Å². The Kier molecular flexibility index (Phi) is 39.1. The third-order valence-corrected chi connectivity index (χ3v) is 20.7. The number of hydrogen-bond acceptors (Lipinski definition) is 13. The minimum Gasteiger partial charge on any atom is -0.508 e. The largest absolute Gasteiger partial charge is 0.508 e. The molecule has 0 aliphatic carbocycles. The molecular weight excluding hydrogens is 1590 g/mol. The molecule has 0 unspecified atom stereocenters. The van der Waals surface area contributed by atoms with Crippen LogP contribution in [0.2, 0.25) is 0 Å². The van der Waals surface area contributed by atoms with Crippen LogP contribution in [-0.2, 0) is 64.0 Å². The van der Waals surface area contributed by atoms with E-state index >= 15 is 0 Å². The molecular formula is C105H122ClF3O15. The van der Waals surface area contributed by atoms with E-state index in [9.17, 15) is 52.8 Å². The van der Waals surface area contributed by atoms with Crippen molar-refractivity contribution in [2.45, 2.75) is 182 Å². The first-order valence-corrected chi connectivity index (χ1v) is 40.7. The SMILES string of the molecule is C.C=C(C)[C@@H](CC(=O)O)c1cccc(OCc2ccc(-c3cc(OC)ccc3F)c(C(C)(C)C)c2)c1.C=C(C)[C@@H](CC(=O)OC)c1cccc(O)c1.C=C(C)[C@H](CC(=O)O)c1cccc(OCc2ccc(-c3cc(OC)ccc3F)c(C(C)(C)C)c2)c1.C=C(C)[C@H](CC(=O)OC)c1cccc(O)c1.COc1ccc(F)c(-c2ccc(CCl)cc2C(C)(C)C)c1. The number of carboxylic acids is 2. The molecule has 0 radical (unpaired) electrons. The molecule has 660 valence electrons. The predicted molar refractivity (Wildman–Crippen MR) is 493 cm³/mol. The summed E-state index contributed by atoms with van der Waals surface area (Å²) in [6, 6.07) is 60.7. The molecule has 124 heavy (non-hydrogen) atoms. The lowest BCUT2D eigenvalue weighted by Crippen LogP contribution is -2.14. The quantitative estimate of drug-likeness (QED) is 0.0195. The lowest BCUT2D eigenvalue weighted by Gasteiger charge is -2.25. The van der Waals surface area contributed by atoms with E-state index in [4.69, 9.17) is 35.3 Å². The third kappa shape index (κ3) is 30.6. The standard InChI is InChI=1S/2C30H33FO4.C18H20ClFO.2C13H16O3.CH4/c2*1-19(2)25(17-29(32)33)21-8-7-9-23(15-21)35-18-20-10-12-24(27(14-20)30(3,4)5)26-16-22(34-6)11-13-28(26)31;1-18(2,3)16-9-12(11-19)5-7-14(16)15-10-13(21-4)6-8-17(15)20;2*1-9(2)12(8-13(15)16-3)10-5-4-6-11(14)7-10;/h2*7-16,25H,1,17-18H2,2-6H3,(H,32,33);5-10H,11H2,1-4H3;2*4-7,12,14H,1,8H2,2-3H3;1H4/t2*25-;;2*12-;/m10.10./s1. The number of carboxylic acid groups (broad SMARTS) is 2. The van der Waals surface area contributed by atoms with Gasteiger partial charge in [0.1, 0.15) is 70.9 Å². The van der Waals surface area contributed by atoms with Crippen molar-refractivity contribution in [3.8, 4) is 73.6 Å². The van der Waals surface area contributed by atoms with Crippen molar-refractivity contribution >= 4 is 35.5 Å². The zero-order valence-corrected chi connectivity index (χ0v) is 74.8. The molecule has 0 fully saturated rings. The van der Waals surface area contributed by atoms with E-state index in [1.165, 1.54) is 32.4 Å². The minimum atomic E-state index is -0.869. The summed E-state index contributed by atoms with van der Waals surface area (Å²) < 4.78 is 81.0. The van der Waals surface area contributed by atoms with Gasteiger partial charge in [-0.3, -0.25) is 19.2 Å². The highest BCUT2D eigenvalue weighted by Crippen LogP contribution is 2.42. The van der Waals surface area contributed by atoms with E-state index in [1.54, 1.807) is 94.1 Å². The Morgan fingerprint density at radius 1 is 0.355 bits per heavy atom. The molecule has 0 aliphatic rings. The number of hydrogen-bond donors (Lipinski definition) is 4. The summed E-state index contributed by atoms with van der Waals surface area (Å²) >= 11 is 5.93. The second-order valence-electron chi connectivity index (χ2n) is 33.3. The van der Waals surface area contributed by atoms with Crippen LogP contribution in [0.25, 0.3) is 33.4 Å². The summed E-state index contributed by atoms with van der Waals surface area (Å²) in [6.45, 7) is 42.6. The lowest BCUT2D eigenvalue weighted by atomic mass is 9.81. The van der Waals surface area contributed by atoms with E-state index < -0.39 is 11.9 Å². The number of esters is 2. The fourth-order valence-electron chi connectivity index (χ4n) is 13.7. The molecule has 0 saturated carbocycles. The highest BCUT2D eigenvalue weighted by atomic mass is 35.5. The van der Waals surface area contributed by atoms with Crippen molar-refractivity contribution in [3.63, 3.8) is 0 Å². The smallest absolute Gasteiger partial charge is 0.306 e. The Bertz CT molecular complexity index is 5060. The number of halogens is 4. The second kappa shape index (κ2) is 47.4. The number of ether oxygens (including phenoxy) is 7. The molecule has 19 heteroatoms. The van der Waals surface area contributed by atoms with Gasteiger partial charge < -0.3 is 53.6 Å². The normalized spacial score (nSPS) is 11.9. The molecule has 10 aromatic rings. The van der Waals surface area contributed by atoms with Crippen LogP contribution in [0.4, 0.5) is 13.2 Å². The van der Waals surface area contributed by atoms with Crippen LogP contribution in [0, 0.1) is 17.5 Å². The number of phenolic OH excluding ortho intramolecular Hbond substituents is 2. The van der Waals surface area contributed by atoms with Crippen LogP contribution >= 0.6 is 11.6 Å². The van der Waals surface area contributed by atoms with Crippen molar-refractivity contribution < 1.29 is 85.9 Å². The fraction of sp³-hybridized carbons (Fsp3) is 0.314. The van der Waals surface area contributed by atoms with Gasteiger partial charge >= 0.3 is 23.9 Å². The molecule has 0 aromatic heterocycles. The fourth-order valence-corrected chi connectivity index (χ4v) is 13.9. The number of phenols is 2. The summed E-state index contributed by atoms with van der Waals surface area (Å²) in [5.41, 5.74) is 16.3. The first kappa shape index (κ1) is 102. The minimum absolute atomic E-state index is 0. The summed E-state index contributed by atoms with van der Waals surface area (Å²) in [5, 5.41) is 37.3. The van der Waals surface area contributed by atoms with Gasteiger partial charge in [0.05, 0.1) is 61.2 Å². The monoisotopic (exact) mass is 1710 g/mol. The van der Waals surface area contributed by atoms with Crippen LogP contribution in [-0.4, -0.2) is 79.9 Å². The lowest BCUT2D eigenvalue weighted by molar-refractivity contribution is -0.141. The Labute approximate surface area is 736 Å². The molecule has 0 aliphatic heterocycles. The number of benzene rings is 10. The molecule has 10 rings (SSSR count). The molecule has 0 heterocycles. The van der Waals surface area contributed by atoms with Crippen LogP contribution < -0.4 is 23.7 Å². The number of carbonyl (C=O) groups is 4. The van der Waals surface area contributed by atoms with Gasteiger partial charge in [-0.25, -0.2) is 13.2 Å². The van der Waals surface area contributed by atoms with E-state index in [0.29, 0.717) is 64.5 Å². The van der Waals surface area contributed by atoms with Crippen molar-refractivity contribution in [2.24, 2.45) is 0 Å². The molecule has 0 saturated heterocycles. The average molecular weight is 1720 g/mol. The van der Waals surface area contributed by atoms with Crippen LogP contribution in [0.5, 0.6) is 40.2 Å². The third-order valence-electron chi connectivity index (χ3n) is 20.4. The van der Waals surface area contributed by atoms with Gasteiger partial charge in [0, 0.05) is 46.2 Å². The maximum absolute atomic E-state index is 14.7. The highest BCUT2D eigenvalue weighted by molar-refractivity contribution is 6.17. The zero-order chi connectivity index (χ0) is 91.4. The molecule has 15 nitrogen and oxygen atoms in total. The predicted octanol–water partition coefficient (Wildman–Crippen LogP) is 26.4. The Balaban J connectivity index is 0.000000286. The Morgan fingerprint density at radius 2 is 0.629 bits per heavy atom. The maximum Gasteiger partial charge on any atom is 0.306 e. The summed E-state index contributed by atoms with van der Waals surface area (Å²) in [7, 11) is 7.44. The number of alkyl halides is 1. The van der Waals surface area contributed by atoms with E-state index in [2.05, 4.69) is 116 Å². The number of rotatable bonds is 29. The molecule has 0 bridgehead atoms. The highest BCUT2D eigenvalue weighted by Gasteiger charge is 2.28. The number of aromatic hydroxyl groups is 2. The van der Waals surface area contributed by atoms with Gasteiger partial charge in [-0.2, -0.15) is 0 Å². The maximum atomic E-state index is 14.7. The number of aliphatic carboxylic acids is 2. The topological polar surface area (TPSA) is 214 Å². The number of carbonyl (C=O) groups excluding carboxylic acids is 2. The van der Waals surface area contributed by atoms with Crippen LogP contribution in [0.1, 0.15) is 202 Å². The van der Waals surface area contributed by atoms with Crippen molar-refractivity contribution in [3.05, 3.63) is 328 Å². The van der Waals surface area contributed by atoms with Crippen molar-refractivity contribution in [2.75, 3.05) is 35.5 Å². The van der Waals surface area contributed by atoms with Gasteiger partial charge in [-0.15, -0.1) is 11.6 Å². The number of allylic oxidation sites excluding steroid dienone is 4.